The maximum Gasteiger partial charge on any atom is 0.169 e. The predicted molar refractivity (Wildman–Crippen MR) is 67.8 cm³/mol. The lowest BCUT2D eigenvalue weighted by atomic mass is 10.3. The van der Waals surface area contributed by atoms with Crippen molar-refractivity contribution in [3.05, 3.63) is 22.4 Å². The molecule has 0 saturated heterocycles. The van der Waals surface area contributed by atoms with Crippen molar-refractivity contribution >= 4 is 11.3 Å². The Balaban J connectivity index is 2.30. The molecular weight excluding hydrogens is 222 g/mol. The first-order valence-corrected chi connectivity index (χ1v) is 6.65. The van der Waals surface area contributed by atoms with Gasteiger partial charge in [-0.05, 0) is 32.2 Å². The fourth-order valence-electron chi connectivity index (χ4n) is 1.45. The predicted octanol–water partition coefficient (Wildman–Crippen LogP) is 2.80. The van der Waals surface area contributed by atoms with Gasteiger partial charge in [0.1, 0.15) is 0 Å². The molecule has 1 aromatic rings. The van der Waals surface area contributed by atoms with Crippen molar-refractivity contribution in [1.29, 1.82) is 0 Å². The Morgan fingerprint density at radius 2 is 2.00 bits per heavy atom. The van der Waals surface area contributed by atoms with E-state index in [1.165, 1.54) is 4.88 Å². The first-order valence-electron chi connectivity index (χ1n) is 5.77. The lowest BCUT2D eigenvalue weighted by Gasteiger charge is -2.20. The van der Waals surface area contributed by atoms with Crippen LogP contribution in [-0.2, 0) is 9.47 Å². The summed E-state index contributed by atoms with van der Waals surface area (Å²) in [6.07, 6.45) is -0.141. The van der Waals surface area contributed by atoms with E-state index >= 15 is 0 Å². The smallest absolute Gasteiger partial charge is 0.169 e. The SMILES string of the molecule is CCOC(CNC(C)c1cccs1)OCC. The molecule has 1 aromatic heterocycles. The highest BCUT2D eigenvalue weighted by molar-refractivity contribution is 7.10. The van der Waals surface area contributed by atoms with Crippen LogP contribution in [0.5, 0.6) is 0 Å². The maximum atomic E-state index is 5.47. The first kappa shape index (κ1) is 13.6. The molecule has 16 heavy (non-hydrogen) atoms. The number of rotatable bonds is 8. The Labute approximate surface area is 102 Å². The maximum absolute atomic E-state index is 5.47. The Bertz CT molecular complexity index is 258. The topological polar surface area (TPSA) is 30.5 Å². The van der Waals surface area contributed by atoms with Crippen molar-refractivity contribution in [3.63, 3.8) is 0 Å². The van der Waals surface area contributed by atoms with Crippen LogP contribution in [0.1, 0.15) is 31.7 Å². The normalized spacial score (nSPS) is 13.2. The van der Waals surface area contributed by atoms with E-state index < -0.39 is 0 Å². The van der Waals surface area contributed by atoms with Gasteiger partial charge in [0, 0.05) is 30.7 Å². The molecule has 1 unspecified atom stereocenters. The van der Waals surface area contributed by atoms with E-state index in [0.717, 1.165) is 6.54 Å². The Kier molecular flexibility index (Phi) is 6.64. The molecule has 0 amide bonds. The number of hydrogen-bond donors (Lipinski definition) is 1. The van der Waals surface area contributed by atoms with Crippen LogP contribution in [0.15, 0.2) is 17.5 Å². The molecule has 4 heteroatoms. The second-order valence-electron chi connectivity index (χ2n) is 3.49. The molecule has 1 heterocycles. The van der Waals surface area contributed by atoms with Gasteiger partial charge in [0.05, 0.1) is 0 Å². The average Bonchev–Trinajstić information content (AvgIpc) is 2.79. The molecule has 0 aliphatic carbocycles. The van der Waals surface area contributed by atoms with Crippen LogP contribution in [0.4, 0.5) is 0 Å². The van der Waals surface area contributed by atoms with E-state index in [1.54, 1.807) is 11.3 Å². The molecule has 0 aliphatic heterocycles. The highest BCUT2D eigenvalue weighted by atomic mass is 32.1. The van der Waals surface area contributed by atoms with E-state index in [0.29, 0.717) is 19.3 Å². The summed E-state index contributed by atoms with van der Waals surface area (Å²) in [7, 11) is 0. The van der Waals surface area contributed by atoms with Crippen molar-refractivity contribution < 1.29 is 9.47 Å². The third-order valence-corrected chi connectivity index (χ3v) is 3.32. The van der Waals surface area contributed by atoms with Gasteiger partial charge in [-0.2, -0.15) is 0 Å². The van der Waals surface area contributed by atoms with Gasteiger partial charge in [-0.3, -0.25) is 0 Å². The number of hydrogen-bond acceptors (Lipinski definition) is 4. The fraction of sp³-hybridized carbons (Fsp3) is 0.667. The third kappa shape index (κ3) is 4.61. The minimum atomic E-state index is -0.141. The summed E-state index contributed by atoms with van der Waals surface area (Å²) < 4.78 is 10.9. The van der Waals surface area contributed by atoms with Gasteiger partial charge in [0.2, 0.25) is 0 Å². The molecule has 0 fully saturated rings. The first-order chi connectivity index (χ1) is 7.77. The van der Waals surface area contributed by atoms with E-state index in [4.69, 9.17) is 9.47 Å². The number of thiophene rings is 1. The van der Waals surface area contributed by atoms with Gasteiger partial charge in [0.15, 0.2) is 6.29 Å². The Morgan fingerprint density at radius 3 is 2.50 bits per heavy atom. The van der Waals surface area contributed by atoms with Crippen LogP contribution < -0.4 is 5.32 Å². The molecule has 3 nitrogen and oxygen atoms in total. The van der Waals surface area contributed by atoms with Crippen molar-refractivity contribution in [2.45, 2.75) is 33.1 Å². The quantitative estimate of drug-likeness (QED) is 0.712. The molecule has 0 bridgehead atoms. The molecule has 0 spiro atoms. The van der Waals surface area contributed by atoms with Crippen molar-refractivity contribution in [1.82, 2.24) is 5.32 Å². The Hall–Kier alpha value is -0.420. The highest BCUT2D eigenvalue weighted by Crippen LogP contribution is 2.17. The molecule has 92 valence electrons. The van der Waals surface area contributed by atoms with E-state index in [9.17, 15) is 0 Å². The number of ether oxygens (including phenoxy) is 2. The summed E-state index contributed by atoms with van der Waals surface area (Å²) in [5, 5.41) is 5.51. The molecular formula is C12H21NO2S. The minimum absolute atomic E-state index is 0.141. The van der Waals surface area contributed by atoms with Gasteiger partial charge in [-0.15, -0.1) is 11.3 Å². The molecule has 1 atom stereocenters. The minimum Gasteiger partial charge on any atom is -0.352 e. The second-order valence-corrected chi connectivity index (χ2v) is 4.46. The summed E-state index contributed by atoms with van der Waals surface area (Å²) in [6.45, 7) is 8.20. The van der Waals surface area contributed by atoms with Crippen LogP contribution in [0.25, 0.3) is 0 Å². The second kappa shape index (κ2) is 7.79. The molecule has 1 N–H and O–H groups in total. The molecule has 0 radical (unpaired) electrons. The largest absolute Gasteiger partial charge is 0.352 e. The van der Waals surface area contributed by atoms with Crippen LogP contribution in [0.2, 0.25) is 0 Å². The van der Waals surface area contributed by atoms with E-state index in [1.807, 2.05) is 13.8 Å². The van der Waals surface area contributed by atoms with Crippen LogP contribution in [-0.4, -0.2) is 26.0 Å². The number of nitrogens with one attached hydrogen (secondary N) is 1. The van der Waals surface area contributed by atoms with Gasteiger partial charge >= 0.3 is 0 Å². The Morgan fingerprint density at radius 1 is 1.31 bits per heavy atom. The summed E-state index contributed by atoms with van der Waals surface area (Å²) in [5.74, 6) is 0. The van der Waals surface area contributed by atoms with Crippen LogP contribution >= 0.6 is 11.3 Å². The summed E-state index contributed by atoms with van der Waals surface area (Å²) >= 11 is 1.77. The zero-order chi connectivity index (χ0) is 11.8. The third-order valence-electron chi connectivity index (χ3n) is 2.27. The van der Waals surface area contributed by atoms with Gasteiger partial charge in [-0.1, -0.05) is 6.07 Å². The fourth-order valence-corrected chi connectivity index (χ4v) is 2.21. The zero-order valence-electron chi connectivity index (χ0n) is 10.2. The lowest BCUT2D eigenvalue weighted by Crippen LogP contribution is -2.32. The van der Waals surface area contributed by atoms with Crippen LogP contribution in [0.3, 0.4) is 0 Å². The highest BCUT2D eigenvalue weighted by Gasteiger charge is 2.11. The molecule has 1 rings (SSSR count). The standard InChI is InChI=1S/C12H21NO2S/c1-4-14-12(15-5-2)9-13-10(3)11-7-6-8-16-11/h6-8,10,12-13H,4-5,9H2,1-3H3. The molecule has 0 saturated carbocycles. The summed E-state index contributed by atoms with van der Waals surface area (Å²) in [4.78, 5) is 1.34. The molecule has 0 aromatic carbocycles. The van der Waals surface area contributed by atoms with Gasteiger partial charge < -0.3 is 14.8 Å². The molecule has 0 aliphatic rings. The lowest BCUT2D eigenvalue weighted by molar-refractivity contribution is -0.133. The zero-order valence-corrected chi connectivity index (χ0v) is 11.0. The summed E-state index contributed by atoms with van der Waals surface area (Å²) in [5.41, 5.74) is 0. The van der Waals surface area contributed by atoms with Crippen molar-refractivity contribution in [2.24, 2.45) is 0 Å². The van der Waals surface area contributed by atoms with Crippen molar-refractivity contribution in [3.8, 4) is 0 Å². The van der Waals surface area contributed by atoms with E-state index in [-0.39, 0.29) is 6.29 Å². The van der Waals surface area contributed by atoms with Gasteiger partial charge in [-0.25, -0.2) is 0 Å². The monoisotopic (exact) mass is 243 g/mol. The van der Waals surface area contributed by atoms with Crippen molar-refractivity contribution in [2.75, 3.05) is 19.8 Å². The average molecular weight is 243 g/mol. The van der Waals surface area contributed by atoms with Crippen LogP contribution in [0, 0.1) is 0 Å². The van der Waals surface area contributed by atoms with E-state index in [2.05, 4.69) is 29.8 Å². The van der Waals surface area contributed by atoms with Gasteiger partial charge in [0.25, 0.3) is 0 Å². The summed E-state index contributed by atoms with van der Waals surface area (Å²) in [6, 6.07) is 4.56.